The molecule has 0 aromatic heterocycles. The first-order valence-electron chi connectivity index (χ1n) is 6.85. The normalized spacial score (nSPS) is 10.9. The second-order valence-corrected chi connectivity index (χ2v) is 5.05. The van der Waals surface area contributed by atoms with Gasteiger partial charge in [0, 0.05) is 5.92 Å². The summed E-state index contributed by atoms with van der Waals surface area (Å²) in [6.45, 7) is 6.70. The molecule has 0 spiro atoms. The van der Waals surface area contributed by atoms with Crippen LogP contribution in [0.25, 0.3) is 0 Å². The summed E-state index contributed by atoms with van der Waals surface area (Å²) in [4.78, 5) is 0. The summed E-state index contributed by atoms with van der Waals surface area (Å²) in [5.74, 6) is 0.539. The maximum atomic E-state index is 2.28. The fourth-order valence-corrected chi connectivity index (χ4v) is 2.72. The van der Waals surface area contributed by atoms with E-state index in [4.69, 9.17) is 0 Å². The third-order valence-corrected chi connectivity index (χ3v) is 3.71. The van der Waals surface area contributed by atoms with Crippen LogP contribution < -0.4 is 0 Å². The number of hydrogen-bond donors (Lipinski definition) is 0. The van der Waals surface area contributed by atoms with Crippen molar-refractivity contribution >= 4 is 0 Å². The van der Waals surface area contributed by atoms with Crippen LogP contribution in [0.2, 0.25) is 0 Å². The second-order valence-electron chi connectivity index (χ2n) is 5.05. The molecule has 18 heavy (non-hydrogen) atoms. The standard InChI is InChI=1S/C18H22/c1-4-9-18(16-12-7-5-10-14(16)2)17-13-8-6-11-15(17)3/h5-8,10-13,18H,4,9H2,1-3H3. The van der Waals surface area contributed by atoms with Crippen LogP contribution in [-0.4, -0.2) is 0 Å². The molecule has 0 heterocycles. The van der Waals surface area contributed by atoms with Gasteiger partial charge in [-0.15, -0.1) is 0 Å². The molecule has 0 saturated carbocycles. The van der Waals surface area contributed by atoms with E-state index in [9.17, 15) is 0 Å². The minimum atomic E-state index is 0.539. The first-order valence-corrected chi connectivity index (χ1v) is 6.85. The molecule has 0 amide bonds. The molecule has 0 aliphatic carbocycles. The number of benzene rings is 2. The first kappa shape index (κ1) is 12.9. The van der Waals surface area contributed by atoms with E-state index in [1.807, 2.05) is 0 Å². The summed E-state index contributed by atoms with van der Waals surface area (Å²) in [6, 6.07) is 17.6. The Hall–Kier alpha value is -1.56. The van der Waals surface area contributed by atoms with Crippen LogP contribution in [-0.2, 0) is 0 Å². The minimum absolute atomic E-state index is 0.539. The molecule has 94 valence electrons. The van der Waals surface area contributed by atoms with E-state index in [1.54, 1.807) is 0 Å². The summed E-state index contributed by atoms with van der Waals surface area (Å²) < 4.78 is 0. The van der Waals surface area contributed by atoms with Crippen molar-refractivity contribution < 1.29 is 0 Å². The third kappa shape index (κ3) is 2.64. The Labute approximate surface area is 111 Å². The van der Waals surface area contributed by atoms with Gasteiger partial charge in [0.25, 0.3) is 0 Å². The molecule has 0 fully saturated rings. The van der Waals surface area contributed by atoms with Crippen LogP contribution in [0.5, 0.6) is 0 Å². The minimum Gasteiger partial charge on any atom is -0.0653 e. The molecule has 2 aromatic carbocycles. The van der Waals surface area contributed by atoms with Crippen LogP contribution in [0.1, 0.15) is 47.9 Å². The van der Waals surface area contributed by atoms with Crippen LogP contribution in [0, 0.1) is 13.8 Å². The van der Waals surface area contributed by atoms with Gasteiger partial charge < -0.3 is 0 Å². The highest BCUT2D eigenvalue weighted by molar-refractivity contribution is 5.40. The van der Waals surface area contributed by atoms with Crippen molar-refractivity contribution in [1.29, 1.82) is 0 Å². The van der Waals surface area contributed by atoms with E-state index in [2.05, 4.69) is 69.3 Å². The molecule has 0 aliphatic heterocycles. The molecule has 0 radical (unpaired) electrons. The molecule has 0 bridgehead atoms. The van der Waals surface area contributed by atoms with Crippen molar-refractivity contribution in [2.75, 3.05) is 0 Å². The average molecular weight is 238 g/mol. The zero-order valence-corrected chi connectivity index (χ0v) is 11.6. The molecule has 0 saturated heterocycles. The fraction of sp³-hybridized carbons (Fsp3) is 0.333. The van der Waals surface area contributed by atoms with Crippen LogP contribution >= 0.6 is 0 Å². The molecule has 0 nitrogen and oxygen atoms in total. The highest BCUT2D eigenvalue weighted by Gasteiger charge is 2.16. The lowest BCUT2D eigenvalue weighted by molar-refractivity contribution is 0.691. The third-order valence-electron chi connectivity index (χ3n) is 3.71. The molecule has 0 heteroatoms. The van der Waals surface area contributed by atoms with Crippen molar-refractivity contribution in [2.24, 2.45) is 0 Å². The molecule has 0 unspecified atom stereocenters. The first-order chi connectivity index (χ1) is 8.74. The Kier molecular flexibility index (Phi) is 4.19. The van der Waals surface area contributed by atoms with Gasteiger partial charge in [-0.3, -0.25) is 0 Å². The van der Waals surface area contributed by atoms with Gasteiger partial charge in [0.15, 0.2) is 0 Å². The number of rotatable bonds is 4. The lowest BCUT2D eigenvalue weighted by Gasteiger charge is -2.21. The van der Waals surface area contributed by atoms with Gasteiger partial charge >= 0.3 is 0 Å². The Morgan fingerprint density at radius 1 is 0.778 bits per heavy atom. The van der Waals surface area contributed by atoms with Gasteiger partial charge in [-0.1, -0.05) is 61.9 Å². The Balaban J connectivity index is 2.47. The Bertz CT molecular complexity index is 465. The lowest BCUT2D eigenvalue weighted by Crippen LogP contribution is -2.04. The van der Waals surface area contributed by atoms with Crippen LogP contribution in [0.3, 0.4) is 0 Å². The highest BCUT2D eigenvalue weighted by atomic mass is 14.2. The quantitative estimate of drug-likeness (QED) is 0.683. The number of hydrogen-bond acceptors (Lipinski definition) is 0. The Morgan fingerprint density at radius 2 is 1.22 bits per heavy atom. The summed E-state index contributed by atoms with van der Waals surface area (Å²) >= 11 is 0. The zero-order valence-electron chi connectivity index (χ0n) is 11.6. The van der Waals surface area contributed by atoms with E-state index >= 15 is 0 Å². The van der Waals surface area contributed by atoms with Gasteiger partial charge in [-0.05, 0) is 42.5 Å². The fourth-order valence-electron chi connectivity index (χ4n) is 2.72. The second kappa shape index (κ2) is 5.86. The summed E-state index contributed by atoms with van der Waals surface area (Å²) in [6.07, 6.45) is 2.43. The zero-order chi connectivity index (χ0) is 13.0. The van der Waals surface area contributed by atoms with E-state index in [0.717, 1.165) is 0 Å². The molecule has 0 N–H and O–H groups in total. The molecule has 2 rings (SSSR count). The monoisotopic (exact) mass is 238 g/mol. The van der Waals surface area contributed by atoms with Crippen molar-refractivity contribution in [1.82, 2.24) is 0 Å². The Morgan fingerprint density at radius 3 is 1.61 bits per heavy atom. The molecule has 0 aliphatic rings. The molecule has 0 atom stereocenters. The predicted molar refractivity (Wildman–Crippen MR) is 79.1 cm³/mol. The molecular weight excluding hydrogens is 216 g/mol. The van der Waals surface area contributed by atoms with E-state index in [-0.39, 0.29) is 0 Å². The van der Waals surface area contributed by atoms with E-state index in [1.165, 1.54) is 35.1 Å². The van der Waals surface area contributed by atoms with Gasteiger partial charge in [-0.2, -0.15) is 0 Å². The molecular formula is C18H22. The lowest BCUT2D eigenvalue weighted by atomic mass is 9.83. The predicted octanol–water partition coefficient (Wildman–Crippen LogP) is 5.24. The maximum absolute atomic E-state index is 2.28. The SMILES string of the molecule is CCCC(c1ccccc1C)c1ccccc1C. The molecule has 2 aromatic rings. The van der Waals surface area contributed by atoms with Gasteiger partial charge in [0.2, 0.25) is 0 Å². The van der Waals surface area contributed by atoms with E-state index in [0.29, 0.717) is 5.92 Å². The van der Waals surface area contributed by atoms with Crippen molar-refractivity contribution in [3.63, 3.8) is 0 Å². The van der Waals surface area contributed by atoms with E-state index < -0.39 is 0 Å². The average Bonchev–Trinajstić information content (AvgIpc) is 2.38. The largest absolute Gasteiger partial charge is 0.0653 e. The van der Waals surface area contributed by atoms with Crippen molar-refractivity contribution in [3.05, 3.63) is 70.8 Å². The summed E-state index contributed by atoms with van der Waals surface area (Å²) in [5, 5.41) is 0. The summed E-state index contributed by atoms with van der Waals surface area (Å²) in [5.41, 5.74) is 5.76. The highest BCUT2D eigenvalue weighted by Crippen LogP contribution is 2.32. The van der Waals surface area contributed by atoms with Crippen molar-refractivity contribution in [3.8, 4) is 0 Å². The van der Waals surface area contributed by atoms with Gasteiger partial charge in [-0.25, -0.2) is 0 Å². The maximum Gasteiger partial charge on any atom is 0.00944 e. The topological polar surface area (TPSA) is 0 Å². The van der Waals surface area contributed by atoms with Crippen LogP contribution in [0.15, 0.2) is 48.5 Å². The van der Waals surface area contributed by atoms with Crippen molar-refractivity contribution in [2.45, 2.75) is 39.5 Å². The summed E-state index contributed by atoms with van der Waals surface area (Å²) in [7, 11) is 0. The van der Waals surface area contributed by atoms with Gasteiger partial charge in [0.05, 0.1) is 0 Å². The van der Waals surface area contributed by atoms with Crippen LogP contribution in [0.4, 0.5) is 0 Å². The smallest absolute Gasteiger partial charge is 0.00944 e. The van der Waals surface area contributed by atoms with Gasteiger partial charge in [0.1, 0.15) is 0 Å². The number of aryl methyl sites for hydroxylation is 2.